The highest BCUT2D eigenvalue weighted by Crippen LogP contribution is 2.20. The van der Waals surface area contributed by atoms with E-state index in [0.717, 1.165) is 30.6 Å². The molecule has 1 aromatic heterocycles. The van der Waals surface area contributed by atoms with Gasteiger partial charge in [-0.15, -0.1) is 0 Å². The number of hydrogen-bond acceptors (Lipinski definition) is 3. The zero-order valence-electron chi connectivity index (χ0n) is 12.1. The lowest BCUT2D eigenvalue weighted by Crippen LogP contribution is -2.38. The van der Waals surface area contributed by atoms with E-state index in [4.69, 9.17) is 0 Å². The van der Waals surface area contributed by atoms with Crippen LogP contribution in [0.1, 0.15) is 16.8 Å². The molecule has 0 radical (unpaired) electrons. The minimum Gasteiger partial charge on any atom is -0.337 e. The Labute approximate surface area is 124 Å². The van der Waals surface area contributed by atoms with E-state index >= 15 is 0 Å². The molecule has 21 heavy (non-hydrogen) atoms. The van der Waals surface area contributed by atoms with E-state index in [9.17, 15) is 4.79 Å². The molecule has 1 unspecified atom stereocenters. The van der Waals surface area contributed by atoms with E-state index in [1.807, 2.05) is 48.3 Å². The van der Waals surface area contributed by atoms with E-state index in [-0.39, 0.29) is 11.9 Å². The normalized spacial score (nSPS) is 17.7. The molecule has 4 nitrogen and oxygen atoms in total. The molecule has 108 valence electrons. The molecule has 0 aliphatic carbocycles. The lowest BCUT2D eigenvalue weighted by molar-refractivity contribution is 0.0743. The first-order valence-electron chi connectivity index (χ1n) is 7.24. The van der Waals surface area contributed by atoms with Crippen LogP contribution in [0, 0.1) is 0 Å². The number of pyridine rings is 1. The Bertz CT molecular complexity index is 621. The molecule has 4 heteroatoms. The molecule has 0 bridgehead atoms. The molecule has 1 aliphatic rings. The number of benzene rings is 1. The molecule has 0 spiro atoms. The highest BCUT2D eigenvalue weighted by atomic mass is 16.2. The third kappa shape index (κ3) is 2.95. The van der Waals surface area contributed by atoms with E-state index in [2.05, 4.69) is 10.3 Å². The number of nitrogens with one attached hydrogen (secondary N) is 1. The van der Waals surface area contributed by atoms with E-state index < -0.39 is 0 Å². The molecule has 1 saturated heterocycles. The summed E-state index contributed by atoms with van der Waals surface area (Å²) >= 11 is 0. The summed E-state index contributed by atoms with van der Waals surface area (Å²) in [5.74, 6) is 0.0361. The molecular formula is C17H19N3O. The Hall–Kier alpha value is -2.20. The summed E-state index contributed by atoms with van der Waals surface area (Å²) in [5.41, 5.74) is 2.69. The van der Waals surface area contributed by atoms with Crippen molar-refractivity contribution in [2.45, 2.75) is 12.5 Å². The third-order valence-corrected chi connectivity index (χ3v) is 3.99. The summed E-state index contributed by atoms with van der Waals surface area (Å²) in [7, 11) is 1.87. The van der Waals surface area contributed by atoms with Gasteiger partial charge in [0.2, 0.25) is 0 Å². The van der Waals surface area contributed by atoms with Crippen molar-refractivity contribution >= 4 is 5.91 Å². The summed E-state index contributed by atoms with van der Waals surface area (Å²) in [4.78, 5) is 18.6. The number of aromatic nitrogens is 1. The number of carbonyl (C=O) groups excluding carboxylic acids is 1. The predicted molar refractivity (Wildman–Crippen MR) is 83.0 cm³/mol. The fourth-order valence-electron chi connectivity index (χ4n) is 2.68. The monoisotopic (exact) mass is 281 g/mol. The fraction of sp³-hybridized carbons (Fsp3) is 0.294. The quantitative estimate of drug-likeness (QED) is 0.938. The topological polar surface area (TPSA) is 45.2 Å². The standard InChI is InChI=1S/C17H19N3O/c1-20(16-7-8-18-12-16)17(21)15-9-14(10-19-11-15)13-5-3-2-4-6-13/h2-6,9-11,16,18H,7-8,12H2,1H3. The lowest BCUT2D eigenvalue weighted by Gasteiger charge is -2.23. The second-order valence-corrected chi connectivity index (χ2v) is 5.39. The van der Waals surface area contributed by atoms with Gasteiger partial charge in [0.25, 0.3) is 5.91 Å². The molecule has 1 aromatic carbocycles. The summed E-state index contributed by atoms with van der Waals surface area (Å²) in [5, 5.41) is 3.29. The summed E-state index contributed by atoms with van der Waals surface area (Å²) in [6, 6.07) is 12.2. The number of likely N-dealkylation sites (N-methyl/N-ethyl adjacent to an activating group) is 1. The van der Waals surface area contributed by atoms with Crippen molar-refractivity contribution in [3.05, 3.63) is 54.4 Å². The van der Waals surface area contributed by atoms with Crippen molar-refractivity contribution in [2.75, 3.05) is 20.1 Å². The molecule has 3 rings (SSSR count). The van der Waals surface area contributed by atoms with Crippen molar-refractivity contribution in [2.24, 2.45) is 0 Å². The second kappa shape index (κ2) is 6.06. The zero-order chi connectivity index (χ0) is 14.7. The third-order valence-electron chi connectivity index (χ3n) is 3.99. The van der Waals surface area contributed by atoms with Crippen LogP contribution in [-0.4, -0.2) is 42.0 Å². The highest BCUT2D eigenvalue weighted by Gasteiger charge is 2.24. The molecule has 1 atom stereocenters. The van der Waals surface area contributed by atoms with Gasteiger partial charge in [-0.1, -0.05) is 30.3 Å². The van der Waals surface area contributed by atoms with Crippen LogP contribution in [0.15, 0.2) is 48.8 Å². The van der Waals surface area contributed by atoms with Gasteiger partial charge in [-0.3, -0.25) is 9.78 Å². The van der Waals surface area contributed by atoms with Crippen LogP contribution in [0.3, 0.4) is 0 Å². The van der Waals surface area contributed by atoms with Crippen molar-refractivity contribution < 1.29 is 4.79 Å². The Morgan fingerprint density at radius 3 is 2.76 bits per heavy atom. The van der Waals surface area contributed by atoms with Gasteiger partial charge in [0, 0.05) is 37.6 Å². The van der Waals surface area contributed by atoms with Crippen LogP contribution in [-0.2, 0) is 0 Å². The minimum atomic E-state index is 0.0361. The molecule has 0 saturated carbocycles. The van der Waals surface area contributed by atoms with Gasteiger partial charge in [0.1, 0.15) is 0 Å². The predicted octanol–water partition coefficient (Wildman–Crippen LogP) is 2.18. The number of rotatable bonds is 3. The van der Waals surface area contributed by atoms with Crippen molar-refractivity contribution in [3.8, 4) is 11.1 Å². The SMILES string of the molecule is CN(C(=O)c1cncc(-c2ccccc2)c1)C1CCNC1. The lowest BCUT2D eigenvalue weighted by atomic mass is 10.1. The summed E-state index contributed by atoms with van der Waals surface area (Å²) in [6.45, 7) is 1.85. The Balaban J connectivity index is 1.84. The van der Waals surface area contributed by atoms with Crippen molar-refractivity contribution in [1.82, 2.24) is 15.2 Å². The molecule has 1 fully saturated rings. The average Bonchev–Trinajstić information content (AvgIpc) is 3.09. The Morgan fingerprint density at radius 1 is 1.24 bits per heavy atom. The van der Waals surface area contributed by atoms with Crippen LogP contribution in [0.4, 0.5) is 0 Å². The largest absolute Gasteiger partial charge is 0.337 e. The minimum absolute atomic E-state index is 0.0361. The van der Waals surface area contributed by atoms with Crippen molar-refractivity contribution in [3.63, 3.8) is 0 Å². The second-order valence-electron chi connectivity index (χ2n) is 5.39. The van der Waals surface area contributed by atoms with Crippen LogP contribution in [0.25, 0.3) is 11.1 Å². The highest BCUT2D eigenvalue weighted by molar-refractivity contribution is 5.95. The summed E-state index contributed by atoms with van der Waals surface area (Å²) in [6.07, 6.45) is 4.45. The first-order valence-corrected chi connectivity index (χ1v) is 7.24. The van der Waals surface area contributed by atoms with Gasteiger partial charge in [0.15, 0.2) is 0 Å². The number of nitrogens with zero attached hydrogens (tertiary/aromatic N) is 2. The molecule has 2 heterocycles. The maximum atomic E-state index is 12.6. The number of carbonyl (C=O) groups is 1. The summed E-state index contributed by atoms with van der Waals surface area (Å²) < 4.78 is 0. The Kier molecular flexibility index (Phi) is 3.97. The smallest absolute Gasteiger partial charge is 0.255 e. The zero-order valence-corrected chi connectivity index (χ0v) is 12.1. The maximum absolute atomic E-state index is 12.6. The maximum Gasteiger partial charge on any atom is 0.255 e. The van der Waals surface area contributed by atoms with E-state index in [0.29, 0.717) is 5.56 Å². The van der Waals surface area contributed by atoms with Gasteiger partial charge in [-0.2, -0.15) is 0 Å². The fourth-order valence-corrected chi connectivity index (χ4v) is 2.68. The van der Waals surface area contributed by atoms with Gasteiger partial charge in [-0.25, -0.2) is 0 Å². The molecule has 1 aliphatic heterocycles. The number of hydrogen-bond donors (Lipinski definition) is 1. The average molecular weight is 281 g/mol. The van der Waals surface area contributed by atoms with E-state index in [1.165, 1.54) is 0 Å². The first kappa shape index (κ1) is 13.8. The van der Waals surface area contributed by atoms with Crippen LogP contribution >= 0.6 is 0 Å². The molecule has 1 N–H and O–H groups in total. The Morgan fingerprint density at radius 2 is 2.05 bits per heavy atom. The van der Waals surface area contributed by atoms with Crippen LogP contribution in [0.2, 0.25) is 0 Å². The van der Waals surface area contributed by atoms with Gasteiger partial charge >= 0.3 is 0 Å². The van der Waals surface area contributed by atoms with Crippen LogP contribution in [0.5, 0.6) is 0 Å². The van der Waals surface area contributed by atoms with Gasteiger partial charge in [0.05, 0.1) is 5.56 Å². The first-order chi connectivity index (χ1) is 10.3. The molecule has 2 aromatic rings. The van der Waals surface area contributed by atoms with Crippen molar-refractivity contribution in [1.29, 1.82) is 0 Å². The molecular weight excluding hydrogens is 262 g/mol. The van der Waals surface area contributed by atoms with Gasteiger partial charge in [-0.05, 0) is 24.6 Å². The van der Waals surface area contributed by atoms with E-state index in [1.54, 1.807) is 12.4 Å². The molecule has 1 amide bonds. The number of amides is 1. The van der Waals surface area contributed by atoms with Gasteiger partial charge < -0.3 is 10.2 Å². The van der Waals surface area contributed by atoms with Crippen LogP contribution < -0.4 is 5.32 Å².